The first-order chi connectivity index (χ1) is 8.74. The molecule has 0 fully saturated rings. The van der Waals surface area contributed by atoms with Gasteiger partial charge in [0.05, 0.1) is 6.21 Å². The molecular formula is C14H11F2NO. The van der Waals surface area contributed by atoms with Crippen LogP contribution in [0.3, 0.4) is 0 Å². The van der Waals surface area contributed by atoms with Crippen molar-refractivity contribution in [1.29, 1.82) is 0 Å². The summed E-state index contributed by atoms with van der Waals surface area (Å²) in [6.07, 6.45) is 1.47. The maximum absolute atomic E-state index is 12.8. The third-order valence-electron chi connectivity index (χ3n) is 2.27. The van der Waals surface area contributed by atoms with Gasteiger partial charge in [-0.3, -0.25) is 0 Å². The SMILES string of the molecule is Fc1ccc(C=NOCc2cccc(F)c2)cc1. The summed E-state index contributed by atoms with van der Waals surface area (Å²) in [6, 6.07) is 12.0. The van der Waals surface area contributed by atoms with Gasteiger partial charge < -0.3 is 4.84 Å². The molecule has 0 radical (unpaired) electrons. The van der Waals surface area contributed by atoms with Crippen molar-refractivity contribution in [3.05, 3.63) is 71.3 Å². The molecule has 2 nitrogen and oxygen atoms in total. The Labute approximate surface area is 104 Å². The predicted octanol–water partition coefficient (Wildman–Crippen LogP) is 3.52. The fourth-order valence-corrected chi connectivity index (χ4v) is 1.39. The van der Waals surface area contributed by atoms with Crippen molar-refractivity contribution in [2.45, 2.75) is 6.61 Å². The van der Waals surface area contributed by atoms with E-state index in [-0.39, 0.29) is 18.2 Å². The highest BCUT2D eigenvalue weighted by Crippen LogP contribution is 2.05. The quantitative estimate of drug-likeness (QED) is 0.598. The first kappa shape index (κ1) is 12.2. The molecule has 0 N–H and O–H groups in total. The lowest BCUT2D eigenvalue weighted by atomic mass is 10.2. The predicted molar refractivity (Wildman–Crippen MR) is 65.2 cm³/mol. The molecule has 0 bridgehead atoms. The van der Waals surface area contributed by atoms with Crippen LogP contribution in [0.25, 0.3) is 0 Å². The van der Waals surface area contributed by atoms with E-state index in [9.17, 15) is 8.78 Å². The van der Waals surface area contributed by atoms with Gasteiger partial charge in [-0.2, -0.15) is 0 Å². The molecule has 0 amide bonds. The molecule has 0 saturated carbocycles. The number of halogens is 2. The van der Waals surface area contributed by atoms with E-state index in [1.165, 1.54) is 30.5 Å². The minimum Gasteiger partial charge on any atom is -0.391 e. The highest BCUT2D eigenvalue weighted by Gasteiger charge is 1.95. The number of nitrogens with zero attached hydrogens (tertiary/aromatic N) is 1. The lowest BCUT2D eigenvalue weighted by molar-refractivity contribution is 0.132. The Morgan fingerprint density at radius 1 is 1.00 bits per heavy atom. The first-order valence-corrected chi connectivity index (χ1v) is 5.39. The third-order valence-corrected chi connectivity index (χ3v) is 2.27. The monoisotopic (exact) mass is 247 g/mol. The number of hydrogen-bond acceptors (Lipinski definition) is 2. The average Bonchev–Trinajstić information content (AvgIpc) is 2.37. The van der Waals surface area contributed by atoms with Crippen LogP contribution in [0.1, 0.15) is 11.1 Å². The van der Waals surface area contributed by atoms with Crippen LogP contribution in [-0.4, -0.2) is 6.21 Å². The standard InChI is InChI=1S/C14H11F2NO/c15-13-6-4-11(5-7-13)9-17-18-10-12-2-1-3-14(16)8-12/h1-9H,10H2. The van der Waals surface area contributed by atoms with Crippen molar-refractivity contribution >= 4 is 6.21 Å². The fraction of sp³-hybridized carbons (Fsp3) is 0.0714. The first-order valence-electron chi connectivity index (χ1n) is 5.39. The molecule has 0 aliphatic carbocycles. The second-order valence-corrected chi connectivity index (χ2v) is 3.69. The van der Waals surface area contributed by atoms with E-state index < -0.39 is 0 Å². The Balaban J connectivity index is 1.87. The summed E-state index contributed by atoms with van der Waals surface area (Å²) in [5.74, 6) is -0.605. The van der Waals surface area contributed by atoms with Gasteiger partial charge in [0, 0.05) is 0 Å². The Hall–Kier alpha value is -2.23. The Kier molecular flexibility index (Phi) is 4.02. The van der Waals surface area contributed by atoms with Crippen molar-refractivity contribution in [2.24, 2.45) is 5.16 Å². The van der Waals surface area contributed by atoms with E-state index in [0.29, 0.717) is 5.56 Å². The summed E-state index contributed by atoms with van der Waals surface area (Å²) < 4.78 is 25.5. The summed E-state index contributed by atoms with van der Waals surface area (Å²) in [7, 11) is 0. The van der Waals surface area contributed by atoms with E-state index in [1.54, 1.807) is 24.3 Å². The van der Waals surface area contributed by atoms with Gasteiger partial charge in [-0.05, 0) is 35.4 Å². The van der Waals surface area contributed by atoms with Crippen LogP contribution >= 0.6 is 0 Å². The van der Waals surface area contributed by atoms with Crippen molar-refractivity contribution < 1.29 is 13.6 Å². The summed E-state index contributed by atoms with van der Waals surface area (Å²) in [5, 5.41) is 3.73. The molecule has 0 heterocycles. The molecule has 0 aliphatic heterocycles. The van der Waals surface area contributed by atoms with Gasteiger partial charge in [0.15, 0.2) is 0 Å². The Morgan fingerprint density at radius 2 is 1.78 bits per heavy atom. The smallest absolute Gasteiger partial charge is 0.142 e. The average molecular weight is 247 g/mol. The molecule has 2 aromatic carbocycles. The van der Waals surface area contributed by atoms with Gasteiger partial charge in [-0.15, -0.1) is 0 Å². The summed E-state index contributed by atoms with van der Waals surface area (Å²) >= 11 is 0. The summed E-state index contributed by atoms with van der Waals surface area (Å²) in [4.78, 5) is 5.02. The Bertz CT molecular complexity index is 538. The van der Waals surface area contributed by atoms with E-state index in [1.807, 2.05) is 0 Å². The molecule has 0 unspecified atom stereocenters. The highest BCUT2D eigenvalue weighted by molar-refractivity contribution is 5.78. The molecule has 92 valence electrons. The zero-order valence-electron chi connectivity index (χ0n) is 9.51. The number of oxime groups is 1. The lowest BCUT2D eigenvalue weighted by Gasteiger charge is -1.99. The lowest BCUT2D eigenvalue weighted by Crippen LogP contribution is -1.89. The van der Waals surface area contributed by atoms with Crippen LogP contribution in [0.15, 0.2) is 53.7 Å². The van der Waals surface area contributed by atoms with Gasteiger partial charge in [-0.25, -0.2) is 8.78 Å². The van der Waals surface area contributed by atoms with Gasteiger partial charge in [0.25, 0.3) is 0 Å². The molecular weight excluding hydrogens is 236 g/mol. The molecule has 18 heavy (non-hydrogen) atoms. The minimum absolute atomic E-state index is 0.190. The third kappa shape index (κ3) is 3.66. The van der Waals surface area contributed by atoms with E-state index in [0.717, 1.165) is 5.56 Å². The Morgan fingerprint density at radius 3 is 2.50 bits per heavy atom. The van der Waals surface area contributed by atoms with Crippen molar-refractivity contribution in [2.75, 3.05) is 0 Å². The van der Waals surface area contributed by atoms with Crippen LogP contribution in [0.4, 0.5) is 8.78 Å². The molecule has 2 aromatic rings. The molecule has 4 heteroatoms. The molecule has 0 aromatic heterocycles. The molecule has 0 atom stereocenters. The number of hydrogen-bond donors (Lipinski definition) is 0. The van der Waals surface area contributed by atoms with Gasteiger partial charge in [-0.1, -0.05) is 29.4 Å². The zero-order valence-corrected chi connectivity index (χ0v) is 9.51. The van der Waals surface area contributed by atoms with Crippen molar-refractivity contribution in [1.82, 2.24) is 0 Å². The number of rotatable bonds is 4. The van der Waals surface area contributed by atoms with Crippen LogP contribution in [0.5, 0.6) is 0 Å². The maximum Gasteiger partial charge on any atom is 0.142 e. The molecule has 2 rings (SSSR count). The largest absolute Gasteiger partial charge is 0.391 e. The summed E-state index contributed by atoms with van der Waals surface area (Å²) in [5.41, 5.74) is 1.43. The van der Waals surface area contributed by atoms with Gasteiger partial charge in [0.1, 0.15) is 18.2 Å². The molecule has 0 saturated heterocycles. The van der Waals surface area contributed by atoms with Crippen LogP contribution < -0.4 is 0 Å². The van der Waals surface area contributed by atoms with Crippen molar-refractivity contribution in [3.63, 3.8) is 0 Å². The molecule has 0 spiro atoms. The van der Waals surface area contributed by atoms with Gasteiger partial charge in [0.2, 0.25) is 0 Å². The second-order valence-electron chi connectivity index (χ2n) is 3.69. The fourth-order valence-electron chi connectivity index (χ4n) is 1.39. The van der Waals surface area contributed by atoms with E-state index in [2.05, 4.69) is 5.16 Å². The van der Waals surface area contributed by atoms with E-state index in [4.69, 9.17) is 4.84 Å². The second kappa shape index (κ2) is 5.91. The minimum atomic E-state index is -0.307. The topological polar surface area (TPSA) is 21.6 Å². The summed E-state index contributed by atoms with van der Waals surface area (Å²) in [6.45, 7) is 0.190. The van der Waals surface area contributed by atoms with Gasteiger partial charge >= 0.3 is 0 Å². The maximum atomic E-state index is 12.8. The van der Waals surface area contributed by atoms with Crippen LogP contribution in [0.2, 0.25) is 0 Å². The van der Waals surface area contributed by atoms with Crippen LogP contribution in [-0.2, 0) is 11.4 Å². The zero-order chi connectivity index (χ0) is 12.8. The van der Waals surface area contributed by atoms with E-state index >= 15 is 0 Å². The van der Waals surface area contributed by atoms with Crippen molar-refractivity contribution in [3.8, 4) is 0 Å². The molecule has 0 aliphatic rings. The highest BCUT2D eigenvalue weighted by atomic mass is 19.1. The number of benzene rings is 2. The van der Waals surface area contributed by atoms with Crippen LogP contribution in [0, 0.1) is 11.6 Å². The normalized spacial score (nSPS) is 10.8.